The Kier molecular flexibility index (Phi) is 5.93. The molecule has 56 valence electrons. The summed E-state index contributed by atoms with van der Waals surface area (Å²) >= 11 is 0. The number of rotatable bonds is 5. The third-order valence-electron chi connectivity index (χ3n) is 0.873. The molecule has 0 bridgehead atoms. The van der Waals surface area contributed by atoms with Gasteiger partial charge in [0.1, 0.15) is 6.10 Å². The fraction of sp³-hybridized carbons (Fsp3) is 1.00. The number of ether oxygens (including phenoxy) is 2. The van der Waals surface area contributed by atoms with Crippen LogP contribution in [-0.2, 0) is 9.47 Å². The number of hydrogen-bond donors (Lipinski definition) is 1. The number of aliphatic hydroxyl groups excluding tert-OH is 1. The maximum absolute atomic E-state index is 8.93. The molecular weight excluding hydrogens is 120 g/mol. The van der Waals surface area contributed by atoms with Gasteiger partial charge in [-0.2, -0.15) is 0 Å². The first-order chi connectivity index (χ1) is 4.31. The van der Waals surface area contributed by atoms with Crippen molar-refractivity contribution in [2.75, 3.05) is 26.9 Å². The van der Waals surface area contributed by atoms with Gasteiger partial charge in [0.05, 0.1) is 13.2 Å². The van der Waals surface area contributed by atoms with Gasteiger partial charge in [0.15, 0.2) is 0 Å². The molecule has 0 saturated carbocycles. The summed E-state index contributed by atoms with van der Waals surface area (Å²) in [5.41, 5.74) is 0. The molecule has 0 aromatic rings. The Labute approximate surface area is 55.6 Å². The molecule has 9 heavy (non-hydrogen) atoms. The van der Waals surface area contributed by atoms with Crippen LogP contribution in [0, 0.1) is 0 Å². The second kappa shape index (κ2) is 6.01. The average molecular weight is 134 g/mol. The van der Waals surface area contributed by atoms with Crippen LogP contribution < -0.4 is 0 Å². The molecule has 0 spiro atoms. The molecule has 0 aromatic carbocycles. The maximum Gasteiger partial charge on any atom is 0.101 e. The molecule has 0 aromatic heterocycles. The SMILES string of the molecule is CCOC[C@H](O)COC. The minimum absolute atomic E-state index is 0.347. The van der Waals surface area contributed by atoms with E-state index in [1.54, 1.807) is 7.11 Å². The predicted molar refractivity (Wildman–Crippen MR) is 34.4 cm³/mol. The quantitative estimate of drug-likeness (QED) is 0.576. The molecule has 1 atom stereocenters. The van der Waals surface area contributed by atoms with Crippen LogP contribution in [0.3, 0.4) is 0 Å². The van der Waals surface area contributed by atoms with E-state index < -0.39 is 6.10 Å². The molecule has 0 heterocycles. The van der Waals surface area contributed by atoms with Crippen LogP contribution in [0.5, 0.6) is 0 Å². The van der Waals surface area contributed by atoms with Crippen molar-refractivity contribution in [1.29, 1.82) is 0 Å². The largest absolute Gasteiger partial charge is 0.388 e. The van der Waals surface area contributed by atoms with Crippen molar-refractivity contribution in [2.45, 2.75) is 13.0 Å². The van der Waals surface area contributed by atoms with Crippen molar-refractivity contribution in [1.82, 2.24) is 0 Å². The van der Waals surface area contributed by atoms with Crippen molar-refractivity contribution in [3.05, 3.63) is 0 Å². The molecular formula is C6H14O3. The van der Waals surface area contributed by atoms with Crippen LogP contribution in [0.4, 0.5) is 0 Å². The number of hydrogen-bond acceptors (Lipinski definition) is 3. The van der Waals surface area contributed by atoms with Crippen LogP contribution in [-0.4, -0.2) is 38.1 Å². The number of methoxy groups -OCH3 is 1. The fourth-order valence-corrected chi connectivity index (χ4v) is 0.494. The Morgan fingerprint density at radius 1 is 1.44 bits per heavy atom. The van der Waals surface area contributed by atoms with Gasteiger partial charge in [0.25, 0.3) is 0 Å². The zero-order valence-corrected chi connectivity index (χ0v) is 5.96. The Morgan fingerprint density at radius 3 is 2.56 bits per heavy atom. The van der Waals surface area contributed by atoms with E-state index in [1.165, 1.54) is 0 Å². The first-order valence-electron chi connectivity index (χ1n) is 3.06. The topological polar surface area (TPSA) is 38.7 Å². The Bertz CT molecular complexity index is 56.3. The molecule has 0 radical (unpaired) electrons. The summed E-state index contributed by atoms with van der Waals surface area (Å²) < 4.78 is 9.59. The van der Waals surface area contributed by atoms with Gasteiger partial charge < -0.3 is 14.6 Å². The van der Waals surface area contributed by atoms with Crippen LogP contribution in [0.25, 0.3) is 0 Å². The van der Waals surface area contributed by atoms with E-state index >= 15 is 0 Å². The van der Waals surface area contributed by atoms with Crippen molar-refractivity contribution >= 4 is 0 Å². The molecule has 0 aliphatic rings. The molecule has 0 saturated heterocycles. The van der Waals surface area contributed by atoms with Crippen LogP contribution in [0.2, 0.25) is 0 Å². The maximum atomic E-state index is 8.93. The molecule has 0 aliphatic heterocycles. The summed E-state index contributed by atoms with van der Waals surface area (Å²) in [5.74, 6) is 0. The van der Waals surface area contributed by atoms with Gasteiger partial charge in [-0.3, -0.25) is 0 Å². The molecule has 1 N–H and O–H groups in total. The summed E-state index contributed by atoms with van der Waals surface area (Å²) in [6, 6.07) is 0. The summed E-state index contributed by atoms with van der Waals surface area (Å²) in [5, 5.41) is 8.93. The summed E-state index contributed by atoms with van der Waals surface area (Å²) in [4.78, 5) is 0. The predicted octanol–water partition coefficient (Wildman–Crippen LogP) is 0.0302. The lowest BCUT2D eigenvalue weighted by molar-refractivity contribution is -0.00263. The summed E-state index contributed by atoms with van der Waals surface area (Å²) in [7, 11) is 1.55. The van der Waals surface area contributed by atoms with Crippen LogP contribution in [0.15, 0.2) is 0 Å². The molecule has 0 fully saturated rings. The third kappa shape index (κ3) is 5.76. The lowest BCUT2D eigenvalue weighted by Crippen LogP contribution is -2.20. The molecule has 0 aliphatic carbocycles. The van der Waals surface area contributed by atoms with Crippen molar-refractivity contribution in [2.24, 2.45) is 0 Å². The minimum Gasteiger partial charge on any atom is -0.388 e. The lowest BCUT2D eigenvalue weighted by atomic mass is 10.4. The van der Waals surface area contributed by atoms with E-state index in [4.69, 9.17) is 9.84 Å². The van der Waals surface area contributed by atoms with E-state index in [9.17, 15) is 0 Å². The van der Waals surface area contributed by atoms with E-state index in [1.807, 2.05) is 6.92 Å². The van der Waals surface area contributed by atoms with E-state index in [0.717, 1.165) is 0 Å². The highest BCUT2D eigenvalue weighted by molar-refractivity contribution is 4.48. The highest BCUT2D eigenvalue weighted by Crippen LogP contribution is 1.84. The highest BCUT2D eigenvalue weighted by Gasteiger charge is 2.00. The zero-order valence-electron chi connectivity index (χ0n) is 5.96. The van der Waals surface area contributed by atoms with E-state index in [0.29, 0.717) is 19.8 Å². The number of aliphatic hydroxyl groups is 1. The van der Waals surface area contributed by atoms with Crippen LogP contribution in [0.1, 0.15) is 6.92 Å². The van der Waals surface area contributed by atoms with E-state index in [-0.39, 0.29) is 0 Å². The van der Waals surface area contributed by atoms with Gasteiger partial charge in [-0.25, -0.2) is 0 Å². The summed E-state index contributed by atoms with van der Waals surface area (Å²) in [6.45, 7) is 3.24. The van der Waals surface area contributed by atoms with Gasteiger partial charge in [-0.05, 0) is 6.92 Å². The zero-order chi connectivity index (χ0) is 7.11. The van der Waals surface area contributed by atoms with E-state index in [2.05, 4.69) is 4.74 Å². The van der Waals surface area contributed by atoms with Gasteiger partial charge in [0, 0.05) is 13.7 Å². The first kappa shape index (κ1) is 8.88. The third-order valence-corrected chi connectivity index (χ3v) is 0.873. The fourth-order valence-electron chi connectivity index (χ4n) is 0.494. The average Bonchev–Trinajstić information content (AvgIpc) is 1.85. The Morgan fingerprint density at radius 2 is 2.11 bits per heavy atom. The monoisotopic (exact) mass is 134 g/mol. The first-order valence-corrected chi connectivity index (χ1v) is 3.06. The van der Waals surface area contributed by atoms with Crippen molar-refractivity contribution in [3.8, 4) is 0 Å². The van der Waals surface area contributed by atoms with Crippen LogP contribution >= 0.6 is 0 Å². The molecule has 0 unspecified atom stereocenters. The lowest BCUT2D eigenvalue weighted by Gasteiger charge is -2.07. The normalized spacial score (nSPS) is 13.7. The van der Waals surface area contributed by atoms with Gasteiger partial charge in [-0.1, -0.05) is 0 Å². The minimum atomic E-state index is -0.477. The second-order valence-corrected chi connectivity index (χ2v) is 1.77. The molecule has 0 amide bonds. The molecule has 3 heteroatoms. The molecule has 3 nitrogen and oxygen atoms in total. The Balaban J connectivity index is 2.95. The standard InChI is InChI=1S/C6H14O3/c1-3-9-5-6(7)4-8-2/h6-7H,3-5H2,1-2H3/t6-/m1/s1. The van der Waals surface area contributed by atoms with Crippen molar-refractivity contribution < 1.29 is 14.6 Å². The van der Waals surface area contributed by atoms with Gasteiger partial charge in [0.2, 0.25) is 0 Å². The smallest absolute Gasteiger partial charge is 0.101 e. The Hall–Kier alpha value is -0.120. The highest BCUT2D eigenvalue weighted by atomic mass is 16.5. The van der Waals surface area contributed by atoms with Gasteiger partial charge >= 0.3 is 0 Å². The van der Waals surface area contributed by atoms with Gasteiger partial charge in [-0.15, -0.1) is 0 Å². The molecule has 0 rings (SSSR count). The summed E-state index contributed by atoms with van der Waals surface area (Å²) in [6.07, 6.45) is -0.477. The second-order valence-electron chi connectivity index (χ2n) is 1.77. The van der Waals surface area contributed by atoms with Crippen molar-refractivity contribution in [3.63, 3.8) is 0 Å².